The first kappa shape index (κ1) is 17.3. The van der Waals surface area contributed by atoms with Crippen LogP contribution in [0.2, 0.25) is 5.02 Å². The maximum Gasteiger partial charge on any atom is 0.404 e. The molecule has 0 unspecified atom stereocenters. The Morgan fingerprint density at radius 3 is 2.64 bits per heavy atom. The Kier molecular flexibility index (Phi) is 4.69. The zero-order valence-corrected chi connectivity index (χ0v) is 14.5. The van der Waals surface area contributed by atoms with Crippen LogP contribution >= 0.6 is 11.6 Å². The van der Waals surface area contributed by atoms with Gasteiger partial charge in [-0.1, -0.05) is 17.7 Å². The van der Waals surface area contributed by atoms with E-state index in [4.69, 9.17) is 21.1 Å². The maximum absolute atomic E-state index is 12.8. The molecule has 0 saturated carbocycles. The smallest absolute Gasteiger partial charge is 0.404 e. The molecule has 1 aromatic heterocycles. The number of nitrogens with one attached hydrogen (secondary N) is 1. The minimum absolute atomic E-state index is 0.108. The maximum atomic E-state index is 12.8. The normalized spacial score (nSPS) is 11.6. The Hall–Kier alpha value is -2.51. The summed E-state index contributed by atoms with van der Waals surface area (Å²) in [6, 6.07) is 10.7. The molecule has 25 heavy (non-hydrogen) atoms. The molecule has 0 aliphatic heterocycles. The SMILES string of the molecule is O=C(O)NCCc1coc2ccc(S(=O)(=O)c3cccc(Cl)c3)cc12. The first-order chi connectivity index (χ1) is 11.9. The molecule has 8 heteroatoms. The van der Waals surface area contributed by atoms with E-state index in [1.165, 1.54) is 30.5 Å². The number of rotatable bonds is 5. The molecule has 0 radical (unpaired) electrons. The van der Waals surface area contributed by atoms with Crippen LogP contribution in [0.1, 0.15) is 5.56 Å². The van der Waals surface area contributed by atoms with Crippen molar-refractivity contribution in [2.75, 3.05) is 6.54 Å². The van der Waals surface area contributed by atoms with E-state index < -0.39 is 15.9 Å². The van der Waals surface area contributed by atoms with Gasteiger partial charge in [-0.15, -0.1) is 0 Å². The van der Waals surface area contributed by atoms with Crippen LogP contribution in [0, 0.1) is 0 Å². The summed E-state index contributed by atoms with van der Waals surface area (Å²) in [4.78, 5) is 10.8. The zero-order valence-electron chi connectivity index (χ0n) is 12.9. The van der Waals surface area contributed by atoms with E-state index in [0.29, 0.717) is 22.4 Å². The molecule has 3 rings (SSSR count). The van der Waals surface area contributed by atoms with Crippen molar-refractivity contribution in [3.8, 4) is 0 Å². The Labute approximate surface area is 148 Å². The molecule has 3 aromatic rings. The Morgan fingerprint density at radius 1 is 1.16 bits per heavy atom. The highest BCUT2D eigenvalue weighted by molar-refractivity contribution is 7.91. The van der Waals surface area contributed by atoms with Crippen molar-refractivity contribution in [2.24, 2.45) is 0 Å². The first-order valence-electron chi connectivity index (χ1n) is 7.35. The lowest BCUT2D eigenvalue weighted by molar-refractivity contribution is 0.194. The van der Waals surface area contributed by atoms with E-state index in [1.54, 1.807) is 18.2 Å². The average Bonchev–Trinajstić information content (AvgIpc) is 2.97. The quantitative estimate of drug-likeness (QED) is 0.704. The van der Waals surface area contributed by atoms with Gasteiger partial charge in [0.25, 0.3) is 0 Å². The second-order valence-corrected chi connectivity index (χ2v) is 7.75. The fraction of sp³-hybridized carbons (Fsp3) is 0.118. The molecule has 130 valence electrons. The number of carbonyl (C=O) groups is 1. The van der Waals surface area contributed by atoms with Crippen LogP contribution in [0.15, 0.2) is 62.9 Å². The van der Waals surface area contributed by atoms with E-state index >= 15 is 0 Å². The standard InChI is InChI=1S/C17H14ClNO5S/c18-12-2-1-3-13(8-12)25(22,23)14-4-5-16-15(9-14)11(10-24-16)6-7-19-17(20)21/h1-5,8-10,19H,6-7H2,(H,20,21). The second-order valence-electron chi connectivity index (χ2n) is 5.36. The third-order valence-corrected chi connectivity index (χ3v) is 5.70. The molecular weight excluding hydrogens is 366 g/mol. The van der Waals surface area contributed by atoms with E-state index in [0.717, 1.165) is 5.56 Å². The third-order valence-electron chi connectivity index (χ3n) is 3.71. The Balaban J connectivity index is 1.98. The van der Waals surface area contributed by atoms with Crippen molar-refractivity contribution in [1.29, 1.82) is 0 Å². The molecule has 0 bridgehead atoms. The molecule has 0 atom stereocenters. The van der Waals surface area contributed by atoms with Gasteiger partial charge in [-0.05, 0) is 48.4 Å². The molecule has 2 aromatic carbocycles. The van der Waals surface area contributed by atoms with Crippen molar-refractivity contribution in [2.45, 2.75) is 16.2 Å². The van der Waals surface area contributed by atoms with Crippen molar-refractivity contribution < 1.29 is 22.7 Å². The molecule has 0 fully saturated rings. The average molecular weight is 380 g/mol. The van der Waals surface area contributed by atoms with Crippen LogP contribution in [0.25, 0.3) is 11.0 Å². The van der Waals surface area contributed by atoms with Gasteiger partial charge in [-0.3, -0.25) is 0 Å². The minimum atomic E-state index is -3.72. The lowest BCUT2D eigenvalue weighted by Gasteiger charge is -2.06. The lowest BCUT2D eigenvalue weighted by Crippen LogP contribution is -2.23. The highest BCUT2D eigenvalue weighted by atomic mass is 35.5. The predicted molar refractivity (Wildman–Crippen MR) is 92.8 cm³/mol. The fourth-order valence-electron chi connectivity index (χ4n) is 2.50. The van der Waals surface area contributed by atoms with Gasteiger partial charge in [-0.25, -0.2) is 13.2 Å². The van der Waals surface area contributed by atoms with Crippen LogP contribution in [-0.4, -0.2) is 26.2 Å². The van der Waals surface area contributed by atoms with Gasteiger partial charge in [0.1, 0.15) is 5.58 Å². The Bertz CT molecular complexity index is 1040. The minimum Gasteiger partial charge on any atom is -0.465 e. The summed E-state index contributed by atoms with van der Waals surface area (Å²) in [5.41, 5.74) is 1.27. The molecular formula is C17H14ClNO5S. The molecule has 2 N–H and O–H groups in total. The number of sulfone groups is 1. The topological polar surface area (TPSA) is 96.6 Å². The summed E-state index contributed by atoms with van der Waals surface area (Å²) in [6.45, 7) is 0.204. The number of fused-ring (bicyclic) bond motifs is 1. The number of halogens is 1. The number of furan rings is 1. The van der Waals surface area contributed by atoms with Gasteiger partial charge in [0, 0.05) is 17.0 Å². The summed E-state index contributed by atoms with van der Waals surface area (Å²) in [5, 5.41) is 11.9. The molecule has 1 heterocycles. The molecule has 0 spiro atoms. The van der Waals surface area contributed by atoms with Gasteiger partial charge in [0.15, 0.2) is 0 Å². The highest BCUT2D eigenvalue weighted by Crippen LogP contribution is 2.29. The van der Waals surface area contributed by atoms with Crippen molar-refractivity contribution in [1.82, 2.24) is 5.32 Å². The molecule has 1 amide bonds. The number of benzene rings is 2. The van der Waals surface area contributed by atoms with Crippen molar-refractivity contribution in [3.05, 3.63) is 59.3 Å². The van der Waals surface area contributed by atoms with E-state index in [-0.39, 0.29) is 16.3 Å². The van der Waals surface area contributed by atoms with Gasteiger partial charge >= 0.3 is 6.09 Å². The molecule has 0 aliphatic rings. The van der Waals surface area contributed by atoms with Crippen LogP contribution in [-0.2, 0) is 16.3 Å². The van der Waals surface area contributed by atoms with Crippen molar-refractivity contribution in [3.63, 3.8) is 0 Å². The summed E-state index contributed by atoms with van der Waals surface area (Å²) >= 11 is 5.89. The van der Waals surface area contributed by atoms with Gasteiger partial charge in [0.2, 0.25) is 9.84 Å². The fourth-order valence-corrected chi connectivity index (χ4v) is 4.08. The van der Waals surface area contributed by atoms with Gasteiger partial charge < -0.3 is 14.8 Å². The molecule has 0 aliphatic carbocycles. The number of amides is 1. The summed E-state index contributed by atoms with van der Waals surface area (Å²) in [6.07, 6.45) is 0.779. The Morgan fingerprint density at radius 2 is 1.92 bits per heavy atom. The number of carboxylic acid groups (broad SMARTS) is 1. The predicted octanol–water partition coefficient (Wildman–Crippen LogP) is 3.73. The number of hydrogen-bond donors (Lipinski definition) is 2. The van der Waals surface area contributed by atoms with Crippen LogP contribution in [0.5, 0.6) is 0 Å². The van der Waals surface area contributed by atoms with E-state index in [9.17, 15) is 13.2 Å². The monoisotopic (exact) mass is 379 g/mol. The van der Waals surface area contributed by atoms with E-state index in [1.807, 2.05) is 0 Å². The lowest BCUT2D eigenvalue weighted by atomic mass is 10.1. The molecule has 0 saturated heterocycles. The summed E-state index contributed by atoms with van der Waals surface area (Å²) in [7, 11) is -3.72. The highest BCUT2D eigenvalue weighted by Gasteiger charge is 2.19. The van der Waals surface area contributed by atoms with Crippen LogP contribution in [0.3, 0.4) is 0 Å². The number of hydrogen-bond acceptors (Lipinski definition) is 4. The van der Waals surface area contributed by atoms with E-state index in [2.05, 4.69) is 5.32 Å². The summed E-state index contributed by atoms with van der Waals surface area (Å²) < 4.78 is 31.0. The van der Waals surface area contributed by atoms with Crippen molar-refractivity contribution >= 4 is 38.5 Å². The summed E-state index contributed by atoms with van der Waals surface area (Å²) in [5.74, 6) is 0. The first-order valence-corrected chi connectivity index (χ1v) is 9.21. The van der Waals surface area contributed by atoms with Gasteiger partial charge in [0.05, 0.1) is 16.1 Å². The van der Waals surface area contributed by atoms with Gasteiger partial charge in [-0.2, -0.15) is 0 Å². The van der Waals surface area contributed by atoms with Crippen LogP contribution < -0.4 is 5.32 Å². The third kappa shape index (κ3) is 3.62. The van der Waals surface area contributed by atoms with Crippen LogP contribution in [0.4, 0.5) is 4.79 Å². The molecule has 6 nitrogen and oxygen atoms in total. The second kappa shape index (κ2) is 6.78. The zero-order chi connectivity index (χ0) is 18.0. The largest absolute Gasteiger partial charge is 0.465 e.